The first kappa shape index (κ1) is 11.0. The second-order valence-corrected chi connectivity index (χ2v) is 3.28. The Morgan fingerprint density at radius 3 is 2.71 bits per heavy atom. The van der Waals surface area contributed by atoms with Crippen molar-refractivity contribution in [3.05, 3.63) is 27.7 Å². The van der Waals surface area contributed by atoms with Gasteiger partial charge in [-0.15, -0.1) is 0 Å². The highest BCUT2D eigenvalue weighted by molar-refractivity contribution is 9.10. The molecule has 1 rings (SSSR count). The summed E-state index contributed by atoms with van der Waals surface area (Å²) in [6.45, 7) is 0. The van der Waals surface area contributed by atoms with Gasteiger partial charge in [0, 0.05) is 0 Å². The summed E-state index contributed by atoms with van der Waals surface area (Å²) < 4.78 is 37.3. The van der Waals surface area contributed by atoms with Crippen LogP contribution in [-0.2, 0) is 6.42 Å². The number of halogens is 4. The molecule has 6 heteroatoms. The van der Waals surface area contributed by atoms with Crippen LogP contribution in [0.25, 0.3) is 0 Å². The van der Waals surface area contributed by atoms with Crippen LogP contribution in [0.5, 0.6) is 0 Å². The number of pyridine rings is 1. The van der Waals surface area contributed by atoms with Crippen molar-refractivity contribution in [2.75, 3.05) is 0 Å². The van der Waals surface area contributed by atoms with Gasteiger partial charge in [-0.1, -0.05) is 0 Å². The van der Waals surface area contributed by atoms with E-state index in [1.165, 1.54) is 6.07 Å². The van der Waals surface area contributed by atoms with Crippen molar-refractivity contribution in [2.24, 2.45) is 0 Å². The zero-order valence-electron chi connectivity index (χ0n) is 6.77. The minimum Gasteiger partial charge on any atom is -0.248 e. The summed E-state index contributed by atoms with van der Waals surface area (Å²) >= 11 is 2.78. The number of alkyl halides is 2. The van der Waals surface area contributed by atoms with E-state index in [0.717, 1.165) is 0 Å². The van der Waals surface area contributed by atoms with Gasteiger partial charge in [-0.25, -0.2) is 18.2 Å². The molecule has 0 fully saturated rings. The molecular formula is C8H4BrF3N2. The highest BCUT2D eigenvalue weighted by atomic mass is 79.9. The Hall–Kier alpha value is -1.09. The normalized spacial score (nSPS) is 10.3. The minimum absolute atomic E-state index is 0.104. The quantitative estimate of drug-likeness (QED) is 0.824. The third kappa shape index (κ3) is 2.23. The molecule has 1 heterocycles. The Balaban J connectivity index is 3.22. The Bertz CT molecular complexity index is 387. The van der Waals surface area contributed by atoms with Crippen LogP contribution in [-0.4, -0.2) is 4.98 Å². The number of aromatic nitrogens is 1. The number of hydrogen-bond donors (Lipinski definition) is 0. The van der Waals surface area contributed by atoms with Crippen molar-refractivity contribution in [3.8, 4) is 6.07 Å². The summed E-state index contributed by atoms with van der Waals surface area (Å²) in [6, 6.07) is 2.96. The van der Waals surface area contributed by atoms with Crippen LogP contribution in [0.4, 0.5) is 13.2 Å². The maximum Gasteiger partial charge on any atom is 0.283 e. The Morgan fingerprint density at radius 1 is 1.57 bits per heavy atom. The average molecular weight is 265 g/mol. The molecule has 0 aliphatic rings. The molecule has 0 spiro atoms. The average Bonchev–Trinajstić information content (AvgIpc) is 2.11. The van der Waals surface area contributed by atoms with Gasteiger partial charge in [-0.2, -0.15) is 5.26 Å². The van der Waals surface area contributed by atoms with E-state index in [1.807, 2.05) is 0 Å². The fourth-order valence-electron chi connectivity index (χ4n) is 0.884. The van der Waals surface area contributed by atoms with E-state index >= 15 is 0 Å². The maximum absolute atomic E-state index is 13.0. The van der Waals surface area contributed by atoms with E-state index in [1.54, 1.807) is 6.07 Å². The third-order valence-electron chi connectivity index (χ3n) is 1.46. The van der Waals surface area contributed by atoms with Crippen LogP contribution >= 0.6 is 15.9 Å². The smallest absolute Gasteiger partial charge is 0.248 e. The Labute approximate surface area is 86.5 Å². The summed E-state index contributed by atoms with van der Waals surface area (Å²) in [7, 11) is 0. The molecule has 74 valence electrons. The molecule has 0 unspecified atom stereocenters. The number of rotatable bonds is 2. The molecule has 0 aliphatic carbocycles. The molecule has 14 heavy (non-hydrogen) atoms. The summed E-state index contributed by atoms with van der Waals surface area (Å²) in [4.78, 5) is 3.34. The van der Waals surface area contributed by atoms with E-state index in [-0.39, 0.29) is 16.6 Å². The largest absolute Gasteiger partial charge is 0.283 e. The lowest BCUT2D eigenvalue weighted by Gasteiger charge is -2.04. The summed E-state index contributed by atoms with van der Waals surface area (Å²) in [5, 5.41) is 8.32. The predicted octanol–water partition coefficient (Wildman–Crippen LogP) is 2.99. The second-order valence-electron chi connectivity index (χ2n) is 2.43. The summed E-state index contributed by atoms with van der Waals surface area (Å²) in [6.07, 6.45) is -3.11. The molecule has 0 aromatic carbocycles. The topological polar surface area (TPSA) is 36.7 Å². The lowest BCUT2D eigenvalue weighted by atomic mass is 10.2. The van der Waals surface area contributed by atoms with Gasteiger partial charge < -0.3 is 0 Å². The van der Waals surface area contributed by atoms with Crippen LogP contribution in [0.3, 0.4) is 0 Å². The Morgan fingerprint density at radius 2 is 2.21 bits per heavy atom. The molecule has 0 aliphatic heterocycles. The van der Waals surface area contributed by atoms with E-state index in [0.29, 0.717) is 0 Å². The first-order valence-corrected chi connectivity index (χ1v) is 4.35. The minimum atomic E-state index is -2.98. The lowest BCUT2D eigenvalue weighted by Crippen LogP contribution is -2.00. The first-order valence-electron chi connectivity index (χ1n) is 3.56. The Kier molecular flexibility index (Phi) is 3.47. The molecule has 0 amide bonds. The SMILES string of the molecule is N#CCc1cc(Br)c(F)c(C(F)F)n1. The van der Waals surface area contributed by atoms with Crippen molar-refractivity contribution < 1.29 is 13.2 Å². The number of nitriles is 1. The van der Waals surface area contributed by atoms with Crippen molar-refractivity contribution in [1.29, 1.82) is 5.26 Å². The van der Waals surface area contributed by atoms with Gasteiger partial charge >= 0.3 is 0 Å². The first-order chi connectivity index (χ1) is 6.56. The highest BCUT2D eigenvalue weighted by Crippen LogP contribution is 2.26. The summed E-state index contributed by atoms with van der Waals surface area (Å²) in [5.41, 5.74) is -0.805. The molecular weight excluding hydrogens is 261 g/mol. The van der Waals surface area contributed by atoms with Crippen LogP contribution < -0.4 is 0 Å². The standard InChI is InChI=1S/C8H4BrF3N2/c9-5-3-4(1-2-13)14-7(6(5)10)8(11)12/h3,8H,1H2. The van der Waals surface area contributed by atoms with Crippen LogP contribution in [0.15, 0.2) is 10.5 Å². The van der Waals surface area contributed by atoms with Gasteiger partial charge in [-0.05, 0) is 22.0 Å². The second kappa shape index (κ2) is 4.42. The zero-order valence-corrected chi connectivity index (χ0v) is 8.35. The lowest BCUT2D eigenvalue weighted by molar-refractivity contribution is 0.140. The van der Waals surface area contributed by atoms with Crippen molar-refractivity contribution >= 4 is 15.9 Å². The van der Waals surface area contributed by atoms with E-state index in [2.05, 4.69) is 20.9 Å². The van der Waals surface area contributed by atoms with Crippen LogP contribution in [0, 0.1) is 17.1 Å². The molecule has 0 radical (unpaired) electrons. The van der Waals surface area contributed by atoms with Gasteiger partial charge in [0.1, 0.15) is 5.69 Å². The zero-order chi connectivity index (χ0) is 10.7. The fraction of sp³-hybridized carbons (Fsp3) is 0.250. The molecule has 0 saturated heterocycles. The van der Waals surface area contributed by atoms with Gasteiger partial charge in [0.25, 0.3) is 6.43 Å². The molecule has 0 saturated carbocycles. The summed E-state index contributed by atoms with van der Waals surface area (Å²) in [5.74, 6) is -1.08. The fourth-order valence-corrected chi connectivity index (χ4v) is 1.35. The van der Waals surface area contributed by atoms with E-state index in [4.69, 9.17) is 5.26 Å². The monoisotopic (exact) mass is 264 g/mol. The van der Waals surface area contributed by atoms with Gasteiger partial charge in [0.2, 0.25) is 0 Å². The highest BCUT2D eigenvalue weighted by Gasteiger charge is 2.18. The van der Waals surface area contributed by atoms with Gasteiger partial charge in [0.05, 0.1) is 22.7 Å². The molecule has 0 atom stereocenters. The molecule has 0 N–H and O–H groups in total. The van der Waals surface area contributed by atoms with Crippen molar-refractivity contribution in [3.63, 3.8) is 0 Å². The van der Waals surface area contributed by atoms with Crippen molar-refractivity contribution in [2.45, 2.75) is 12.8 Å². The third-order valence-corrected chi connectivity index (χ3v) is 2.04. The van der Waals surface area contributed by atoms with Crippen LogP contribution in [0.1, 0.15) is 17.8 Å². The maximum atomic E-state index is 13.0. The van der Waals surface area contributed by atoms with Crippen molar-refractivity contribution in [1.82, 2.24) is 4.98 Å². The molecule has 0 bridgehead atoms. The van der Waals surface area contributed by atoms with E-state index in [9.17, 15) is 13.2 Å². The molecule has 1 aromatic heterocycles. The molecule has 1 aromatic rings. The number of nitrogens with zero attached hydrogens (tertiary/aromatic N) is 2. The van der Waals surface area contributed by atoms with E-state index < -0.39 is 17.9 Å². The van der Waals surface area contributed by atoms with Gasteiger partial charge in [0.15, 0.2) is 5.82 Å². The van der Waals surface area contributed by atoms with Gasteiger partial charge in [-0.3, -0.25) is 0 Å². The molecule has 2 nitrogen and oxygen atoms in total. The van der Waals surface area contributed by atoms with Crippen LogP contribution in [0.2, 0.25) is 0 Å². The predicted molar refractivity (Wildman–Crippen MR) is 46.2 cm³/mol. The number of hydrogen-bond acceptors (Lipinski definition) is 2.